The first-order chi connectivity index (χ1) is 16.1. The van der Waals surface area contributed by atoms with Crippen LogP contribution < -0.4 is 15.2 Å². The Hall–Kier alpha value is -3.58. The molecule has 3 heterocycles. The molecule has 1 aromatic carbocycles. The van der Waals surface area contributed by atoms with Crippen molar-refractivity contribution in [3.8, 4) is 11.8 Å². The highest BCUT2D eigenvalue weighted by molar-refractivity contribution is 5.88. The van der Waals surface area contributed by atoms with Crippen LogP contribution >= 0.6 is 0 Å². The minimum atomic E-state index is -4.72. The van der Waals surface area contributed by atoms with Gasteiger partial charge in [0.15, 0.2) is 0 Å². The van der Waals surface area contributed by atoms with E-state index < -0.39 is 6.36 Å². The molecule has 7 nitrogen and oxygen atoms in total. The summed E-state index contributed by atoms with van der Waals surface area (Å²) in [4.78, 5) is 21.4. The summed E-state index contributed by atoms with van der Waals surface area (Å²) < 4.78 is 43.0. The number of piperazine rings is 1. The van der Waals surface area contributed by atoms with Gasteiger partial charge < -0.3 is 14.2 Å². The van der Waals surface area contributed by atoms with Crippen LogP contribution in [0.2, 0.25) is 0 Å². The largest absolute Gasteiger partial charge is 0.573 e. The van der Waals surface area contributed by atoms with E-state index in [1.165, 1.54) is 16.7 Å². The van der Waals surface area contributed by atoms with Gasteiger partial charge in [0.05, 0.1) is 11.2 Å². The van der Waals surface area contributed by atoms with Crippen LogP contribution in [0.5, 0.6) is 5.75 Å². The zero-order chi connectivity index (χ0) is 24.6. The molecule has 0 unspecified atom stereocenters. The highest BCUT2D eigenvalue weighted by atomic mass is 19.4. The third-order valence-electron chi connectivity index (χ3n) is 6.15. The summed E-state index contributed by atoms with van der Waals surface area (Å²) in [5.41, 5.74) is 3.75. The highest BCUT2D eigenvalue weighted by Gasteiger charge is 2.31. The van der Waals surface area contributed by atoms with Crippen molar-refractivity contribution in [2.24, 2.45) is 7.05 Å². The lowest BCUT2D eigenvalue weighted by Crippen LogP contribution is -2.52. The summed E-state index contributed by atoms with van der Waals surface area (Å²) in [6, 6.07) is 11.4. The molecule has 3 aromatic rings. The quantitative estimate of drug-likeness (QED) is 0.578. The lowest BCUT2D eigenvalue weighted by atomic mass is 10.1. The molecule has 0 spiro atoms. The monoisotopic (exact) mass is 471 g/mol. The van der Waals surface area contributed by atoms with Gasteiger partial charge in [-0.3, -0.25) is 9.69 Å². The highest BCUT2D eigenvalue weighted by Crippen LogP contribution is 2.29. The molecule has 0 N–H and O–H groups in total. The van der Waals surface area contributed by atoms with Crippen LogP contribution in [0.25, 0.3) is 11.0 Å². The van der Waals surface area contributed by atoms with Crippen LogP contribution in [0.1, 0.15) is 23.7 Å². The van der Waals surface area contributed by atoms with E-state index >= 15 is 0 Å². The van der Waals surface area contributed by atoms with Gasteiger partial charge in [0.2, 0.25) is 0 Å². The fourth-order valence-electron chi connectivity index (χ4n) is 4.41. The van der Waals surface area contributed by atoms with Crippen LogP contribution in [0, 0.1) is 18.3 Å². The average molecular weight is 471 g/mol. The van der Waals surface area contributed by atoms with Gasteiger partial charge in [-0.1, -0.05) is 6.07 Å². The Labute approximate surface area is 194 Å². The number of nitriles is 1. The van der Waals surface area contributed by atoms with Crippen molar-refractivity contribution in [2.75, 3.05) is 24.5 Å². The maximum atomic E-state index is 12.6. The first-order valence-corrected chi connectivity index (χ1v) is 10.8. The van der Waals surface area contributed by atoms with Gasteiger partial charge in [-0.05, 0) is 49.2 Å². The fraction of sp³-hybridized carbons (Fsp3) is 0.375. The number of ether oxygens (including phenoxy) is 1. The van der Waals surface area contributed by atoms with Gasteiger partial charge in [-0.15, -0.1) is 13.2 Å². The lowest BCUT2D eigenvalue weighted by molar-refractivity contribution is -0.274. The number of alkyl halides is 3. The van der Waals surface area contributed by atoms with E-state index in [0.29, 0.717) is 42.9 Å². The molecule has 1 aliphatic rings. The van der Waals surface area contributed by atoms with Crippen molar-refractivity contribution >= 4 is 16.7 Å². The number of halogens is 3. The van der Waals surface area contributed by atoms with Gasteiger partial charge in [0, 0.05) is 45.3 Å². The molecule has 0 aliphatic carbocycles. The predicted octanol–water partition coefficient (Wildman–Crippen LogP) is 3.72. The molecule has 1 saturated heterocycles. The van der Waals surface area contributed by atoms with E-state index in [0.717, 1.165) is 11.1 Å². The topological polar surface area (TPSA) is 74.4 Å². The maximum absolute atomic E-state index is 12.6. The van der Waals surface area contributed by atoms with Gasteiger partial charge in [-0.2, -0.15) is 5.26 Å². The summed E-state index contributed by atoms with van der Waals surface area (Å²) in [6.07, 6.45) is -4.72. The second-order valence-corrected chi connectivity index (χ2v) is 8.52. The fourth-order valence-corrected chi connectivity index (χ4v) is 4.41. The number of pyridine rings is 2. The summed E-state index contributed by atoms with van der Waals surface area (Å²) in [6.45, 7) is 6.42. The number of benzene rings is 1. The summed E-state index contributed by atoms with van der Waals surface area (Å²) >= 11 is 0. The van der Waals surface area contributed by atoms with Crippen LogP contribution in [-0.4, -0.2) is 46.5 Å². The number of rotatable bonds is 4. The SMILES string of the molecule is Cc1cc(OC(F)(F)F)ccc1CN1CCN(c2cc(=O)n(C)c3ccc(C#N)nc23)[C@@H](C)C1. The van der Waals surface area contributed by atoms with E-state index in [2.05, 4.69) is 32.5 Å². The summed E-state index contributed by atoms with van der Waals surface area (Å²) in [5.74, 6) is -0.228. The van der Waals surface area contributed by atoms with Crippen LogP contribution in [0.4, 0.5) is 18.9 Å². The van der Waals surface area contributed by atoms with Crippen molar-refractivity contribution in [1.82, 2.24) is 14.5 Å². The number of hydrogen-bond acceptors (Lipinski definition) is 6. The molecule has 2 aromatic heterocycles. The number of aryl methyl sites for hydroxylation is 2. The van der Waals surface area contributed by atoms with Gasteiger partial charge in [0.1, 0.15) is 23.0 Å². The average Bonchev–Trinajstić information content (AvgIpc) is 2.77. The van der Waals surface area contributed by atoms with Crippen LogP contribution in [0.15, 0.2) is 41.2 Å². The Bertz CT molecular complexity index is 1330. The number of anilines is 1. The van der Waals surface area contributed by atoms with E-state index in [1.54, 1.807) is 38.2 Å². The molecule has 10 heteroatoms. The smallest absolute Gasteiger partial charge is 0.406 e. The van der Waals surface area contributed by atoms with E-state index in [1.807, 2.05) is 0 Å². The summed E-state index contributed by atoms with van der Waals surface area (Å²) in [5, 5.41) is 9.28. The third-order valence-corrected chi connectivity index (χ3v) is 6.15. The molecular weight excluding hydrogens is 447 g/mol. The molecule has 1 fully saturated rings. The second-order valence-electron chi connectivity index (χ2n) is 8.52. The molecule has 178 valence electrons. The van der Waals surface area contributed by atoms with Crippen molar-refractivity contribution < 1.29 is 17.9 Å². The first kappa shape index (κ1) is 23.6. The third kappa shape index (κ3) is 4.84. The Morgan fingerprint density at radius 3 is 2.62 bits per heavy atom. The molecule has 1 atom stereocenters. The Kier molecular flexibility index (Phi) is 6.23. The van der Waals surface area contributed by atoms with Crippen molar-refractivity contribution in [1.29, 1.82) is 5.26 Å². The van der Waals surface area contributed by atoms with Crippen molar-refractivity contribution in [2.45, 2.75) is 32.8 Å². The second kappa shape index (κ2) is 8.99. The molecular formula is C24H24F3N5O2. The Balaban J connectivity index is 1.54. The Morgan fingerprint density at radius 1 is 1.21 bits per heavy atom. The zero-order valence-corrected chi connectivity index (χ0v) is 19.1. The summed E-state index contributed by atoms with van der Waals surface area (Å²) in [7, 11) is 1.68. The van der Waals surface area contributed by atoms with Gasteiger partial charge >= 0.3 is 6.36 Å². The number of hydrogen-bond donors (Lipinski definition) is 0. The van der Waals surface area contributed by atoms with Crippen LogP contribution in [-0.2, 0) is 13.6 Å². The Morgan fingerprint density at radius 2 is 1.97 bits per heavy atom. The molecule has 34 heavy (non-hydrogen) atoms. The zero-order valence-electron chi connectivity index (χ0n) is 19.1. The van der Waals surface area contributed by atoms with E-state index in [9.17, 15) is 23.2 Å². The number of fused-ring (bicyclic) bond motifs is 1. The van der Waals surface area contributed by atoms with Crippen LogP contribution in [0.3, 0.4) is 0 Å². The lowest BCUT2D eigenvalue weighted by Gasteiger charge is -2.41. The maximum Gasteiger partial charge on any atom is 0.573 e. The minimum Gasteiger partial charge on any atom is -0.406 e. The standard InChI is InChI=1S/C24H24F3N5O2/c1-15-10-19(34-24(25,26)27)6-4-17(15)14-31-8-9-32(16(2)13-31)21-11-22(33)30(3)20-7-5-18(12-28)29-23(20)21/h4-7,10-11,16H,8-9,13-14H2,1-3H3/t16-/m0/s1. The van der Waals surface area contributed by atoms with E-state index in [4.69, 9.17) is 0 Å². The molecule has 0 bridgehead atoms. The first-order valence-electron chi connectivity index (χ1n) is 10.8. The molecule has 4 rings (SSSR count). The van der Waals surface area contributed by atoms with Crippen molar-refractivity contribution in [3.05, 3.63) is 63.6 Å². The van der Waals surface area contributed by atoms with Gasteiger partial charge in [-0.25, -0.2) is 4.98 Å². The molecule has 0 saturated carbocycles. The molecule has 0 amide bonds. The van der Waals surface area contributed by atoms with Gasteiger partial charge in [0.25, 0.3) is 5.56 Å². The predicted molar refractivity (Wildman–Crippen MR) is 122 cm³/mol. The number of nitrogens with zero attached hydrogens (tertiary/aromatic N) is 5. The normalized spacial score (nSPS) is 17.1. The molecule has 1 aliphatic heterocycles. The van der Waals surface area contributed by atoms with Crippen molar-refractivity contribution in [3.63, 3.8) is 0 Å². The van der Waals surface area contributed by atoms with E-state index in [-0.39, 0.29) is 23.0 Å². The molecule has 0 radical (unpaired) electrons. The minimum absolute atomic E-state index is 0.0461. The number of aromatic nitrogens is 2.